The molecule has 26 heavy (non-hydrogen) atoms. The number of aliphatic hydroxyl groups excluding tert-OH is 2. The van der Waals surface area contributed by atoms with Crippen molar-refractivity contribution in [1.82, 2.24) is 0 Å². The van der Waals surface area contributed by atoms with E-state index < -0.39 is 41.2 Å². The van der Waals surface area contributed by atoms with Crippen molar-refractivity contribution in [1.29, 1.82) is 0 Å². The average molecular weight is 362 g/mol. The molecule has 0 radical (unpaired) electrons. The van der Waals surface area contributed by atoms with Gasteiger partial charge in [-0.3, -0.25) is 9.59 Å². The van der Waals surface area contributed by atoms with Gasteiger partial charge in [-0.15, -0.1) is 0 Å². The first kappa shape index (κ1) is 16.9. The molecule has 142 valence electrons. The number of ether oxygens (including phenoxy) is 2. The summed E-state index contributed by atoms with van der Waals surface area (Å²) in [4.78, 5) is 26.3. The normalized spacial score (nSPS) is 54.4. The summed E-state index contributed by atoms with van der Waals surface area (Å²) in [6.45, 7) is 8.29. The topological polar surface area (TPSA) is 93.1 Å². The Bertz CT molecular complexity index is 728. The van der Waals surface area contributed by atoms with Gasteiger partial charge in [-0.25, -0.2) is 0 Å². The summed E-state index contributed by atoms with van der Waals surface area (Å²) < 4.78 is 11.6. The molecule has 2 heterocycles. The van der Waals surface area contributed by atoms with E-state index in [1.807, 2.05) is 0 Å². The van der Waals surface area contributed by atoms with Gasteiger partial charge in [0.2, 0.25) is 0 Å². The van der Waals surface area contributed by atoms with E-state index in [-0.39, 0.29) is 29.6 Å². The minimum absolute atomic E-state index is 0.170. The minimum atomic E-state index is -1.37. The number of fused-ring (bicyclic) bond motifs is 1. The van der Waals surface area contributed by atoms with Gasteiger partial charge < -0.3 is 19.7 Å². The monoisotopic (exact) mass is 362 g/mol. The fraction of sp³-hybridized carbons (Fsp3) is 0.800. The molecule has 5 fully saturated rings. The van der Waals surface area contributed by atoms with E-state index in [0.717, 1.165) is 6.42 Å². The Morgan fingerprint density at radius 2 is 1.92 bits per heavy atom. The summed E-state index contributed by atoms with van der Waals surface area (Å²) in [5, 5.41) is 21.8. The van der Waals surface area contributed by atoms with Gasteiger partial charge in [-0.1, -0.05) is 20.4 Å². The Kier molecular flexibility index (Phi) is 3.10. The van der Waals surface area contributed by atoms with Gasteiger partial charge in [-0.05, 0) is 42.6 Å². The molecule has 0 amide bonds. The second-order valence-electron chi connectivity index (χ2n) is 9.72. The van der Waals surface area contributed by atoms with Gasteiger partial charge in [0, 0.05) is 17.3 Å². The molecule has 2 bridgehead atoms. The van der Waals surface area contributed by atoms with E-state index in [0.29, 0.717) is 24.8 Å². The summed E-state index contributed by atoms with van der Waals surface area (Å²) >= 11 is 0. The predicted octanol–water partition coefficient (Wildman–Crippen LogP) is 1.20. The van der Waals surface area contributed by atoms with Crippen molar-refractivity contribution in [2.24, 2.45) is 34.0 Å². The first-order chi connectivity index (χ1) is 12.2. The molecule has 5 rings (SSSR count). The molecule has 6 nitrogen and oxygen atoms in total. The first-order valence-electron chi connectivity index (χ1n) is 9.58. The molecular weight excluding hydrogens is 336 g/mol. The summed E-state index contributed by atoms with van der Waals surface area (Å²) in [5.41, 5.74) is -1.91. The number of esters is 1. The van der Waals surface area contributed by atoms with Gasteiger partial charge in [0.1, 0.15) is 11.5 Å². The molecule has 8 atom stereocenters. The van der Waals surface area contributed by atoms with E-state index in [1.165, 1.54) is 0 Å². The number of hydrogen-bond acceptors (Lipinski definition) is 6. The largest absolute Gasteiger partial charge is 0.461 e. The molecule has 3 saturated carbocycles. The third kappa shape index (κ3) is 1.61. The van der Waals surface area contributed by atoms with Crippen LogP contribution in [0.1, 0.15) is 39.5 Å². The Morgan fingerprint density at radius 1 is 1.19 bits per heavy atom. The molecule has 0 aromatic carbocycles. The number of carbonyl (C=O) groups excluding carboxylic acids is 2. The van der Waals surface area contributed by atoms with Crippen LogP contribution in [0, 0.1) is 34.0 Å². The van der Waals surface area contributed by atoms with Crippen LogP contribution < -0.4 is 0 Å². The lowest BCUT2D eigenvalue weighted by atomic mass is 9.43. The molecular formula is C20H26O6. The summed E-state index contributed by atoms with van der Waals surface area (Å²) in [6.07, 6.45) is 0.0166. The third-order valence-electron chi connectivity index (χ3n) is 8.25. The molecule has 2 N–H and O–H groups in total. The quantitative estimate of drug-likeness (QED) is 0.382. The van der Waals surface area contributed by atoms with Crippen LogP contribution in [0.25, 0.3) is 0 Å². The average Bonchev–Trinajstić information content (AvgIpc) is 3.01. The van der Waals surface area contributed by atoms with Crippen molar-refractivity contribution in [2.45, 2.75) is 58.0 Å². The highest BCUT2D eigenvalue weighted by Crippen LogP contribution is 2.71. The Morgan fingerprint density at radius 3 is 2.65 bits per heavy atom. The summed E-state index contributed by atoms with van der Waals surface area (Å²) in [7, 11) is 0. The number of rotatable bonds is 0. The second kappa shape index (κ2) is 4.78. The Hall–Kier alpha value is -1.24. The van der Waals surface area contributed by atoms with Crippen LogP contribution in [0.5, 0.6) is 0 Å². The van der Waals surface area contributed by atoms with Gasteiger partial charge in [0.05, 0.1) is 12.7 Å². The number of carbonyl (C=O) groups is 2. The van der Waals surface area contributed by atoms with Crippen LogP contribution in [0.4, 0.5) is 0 Å². The second-order valence-corrected chi connectivity index (χ2v) is 9.72. The van der Waals surface area contributed by atoms with Gasteiger partial charge >= 0.3 is 5.97 Å². The molecule has 5 aliphatic rings. The minimum Gasteiger partial charge on any atom is -0.461 e. The van der Waals surface area contributed by atoms with Crippen LogP contribution in [0.15, 0.2) is 12.2 Å². The van der Waals surface area contributed by atoms with Crippen molar-refractivity contribution in [2.75, 3.05) is 6.61 Å². The number of ketones is 1. The summed E-state index contributed by atoms with van der Waals surface area (Å²) in [6, 6.07) is 0. The van der Waals surface area contributed by atoms with Gasteiger partial charge in [0.15, 0.2) is 12.1 Å². The maximum absolute atomic E-state index is 13.2. The fourth-order valence-electron chi connectivity index (χ4n) is 7.35. The molecule has 2 saturated heterocycles. The molecule has 2 aliphatic heterocycles. The van der Waals surface area contributed by atoms with E-state index in [1.54, 1.807) is 0 Å². The smallest absolute Gasteiger partial charge is 0.320 e. The molecule has 2 spiro atoms. The predicted molar refractivity (Wildman–Crippen MR) is 89.6 cm³/mol. The highest BCUT2D eigenvalue weighted by Gasteiger charge is 2.79. The van der Waals surface area contributed by atoms with Crippen LogP contribution in [-0.4, -0.2) is 47.1 Å². The van der Waals surface area contributed by atoms with Gasteiger partial charge in [0.25, 0.3) is 0 Å². The first-order valence-corrected chi connectivity index (χ1v) is 9.58. The molecule has 0 aromatic heterocycles. The maximum atomic E-state index is 13.2. The van der Waals surface area contributed by atoms with E-state index >= 15 is 0 Å². The maximum Gasteiger partial charge on any atom is 0.320 e. The lowest BCUT2D eigenvalue weighted by Gasteiger charge is -2.62. The Labute approximate surface area is 152 Å². The molecule has 0 aromatic rings. The zero-order valence-electron chi connectivity index (χ0n) is 15.2. The van der Waals surface area contributed by atoms with E-state index in [4.69, 9.17) is 9.47 Å². The third-order valence-corrected chi connectivity index (χ3v) is 8.25. The zero-order chi connectivity index (χ0) is 18.6. The highest BCUT2D eigenvalue weighted by molar-refractivity contribution is 6.15. The number of allylic oxidation sites excluding steroid dienone is 1. The fourth-order valence-corrected chi connectivity index (χ4v) is 7.35. The van der Waals surface area contributed by atoms with E-state index in [2.05, 4.69) is 20.4 Å². The zero-order valence-corrected chi connectivity index (χ0v) is 15.2. The standard InChI is InChI=1S/C20H26O6/c1-9-10-6-11(21)13-19(7-10,15(9)22)17(24)26-12-4-5-18(2,3)14-16(23)25-8-20(12,13)14/h10-14,16,21,23H,1,4-8H2,2-3H3/t10-,11+,12-,13+,14+,16+,19-,20-/m0/s1. The van der Waals surface area contributed by atoms with Crippen molar-refractivity contribution in [3.8, 4) is 0 Å². The molecule has 3 aliphatic carbocycles. The number of hydrogen-bond donors (Lipinski definition) is 2. The van der Waals surface area contributed by atoms with Crippen molar-refractivity contribution in [3.05, 3.63) is 12.2 Å². The highest BCUT2D eigenvalue weighted by atomic mass is 16.6. The number of aliphatic hydroxyl groups is 2. The van der Waals surface area contributed by atoms with Crippen LogP contribution in [0.3, 0.4) is 0 Å². The van der Waals surface area contributed by atoms with Crippen LogP contribution in [0.2, 0.25) is 0 Å². The lowest BCUT2D eigenvalue weighted by molar-refractivity contribution is -0.251. The van der Waals surface area contributed by atoms with Gasteiger partial charge in [-0.2, -0.15) is 0 Å². The van der Waals surface area contributed by atoms with Crippen molar-refractivity contribution < 1.29 is 29.3 Å². The Balaban J connectivity index is 1.75. The number of Topliss-reactive ketones (excluding diaryl/α,β-unsaturated/α-hetero) is 1. The molecule has 0 unspecified atom stereocenters. The molecule has 6 heteroatoms. The SMILES string of the molecule is C=C1C(=O)[C@]23C[C@@H]1C[C@@H](O)[C@H]2[C@@]12CO[C@@H](O)[C@@H]1C(C)(C)CC[C@@H]2OC3=O. The van der Waals surface area contributed by atoms with Crippen molar-refractivity contribution >= 4 is 11.8 Å². The van der Waals surface area contributed by atoms with Crippen molar-refractivity contribution in [3.63, 3.8) is 0 Å². The van der Waals surface area contributed by atoms with Crippen LogP contribution in [-0.2, 0) is 19.1 Å². The van der Waals surface area contributed by atoms with Crippen LogP contribution >= 0.6 is 0 Å². The summed E-state index contributed by atoms with van der Waals surface area (Å²) in [5.74, 6) is -1.84. The lowest BCUT2D eigenvalue weighted by Crippen LogP contribution is -2.70. The van der Waals surface area contributed by atoms with E-state index in [9.17, 15) is 19.8 Å².